The van der Waals surface area contributed by atoms with Crippen LogP contribution in [0.15, 0.2) is 10.1 Å². The van der Waals surface area contributed by atoms with Gasteiger partial charge in [0.15, 0.2) is 12.3 Å². The highest BCUT2D eigenvalue weighted by Crippen LogP contribution is 2.22. The third-order valence-electron chi connectivity index (χ3n) is 4.00. The molecule has 3 rings (SSSR count). The molecule has 0 saturated carbocycles. The van der Waals surface area contributed by atoms with Crippen LogP contribution in [0.1, 0.15) is 20.8 Å². The maximum atomic E-state index is 12.7. The van der Waals surface area contributed by atoms with E-state index in [0.29, 0.717) is 24.9 Å². The summed E-state index contributed by atoms with van der Waals surface area (Å²) in [5.74, 6) is 0.480. The van der Waals surface area contributed by atoms with Crippen LogP contribution >= 0.6 is 0 Å². The highest BCUT2D eigenvalue weighted by Gasteiger charge is 2.54. The molecule has 23 heavy (non-hydrogen) atoms. The molecule has 0 radical (unpaired) electrons. The summed E-state index contributed by atoms with van der Waals surface area (Å²) in [6, 6.07) is -1.03. The van der Waals surface area contributed by atoms with Crippen LogP contribution in [0.5, 0.6) is 0 Å². The number of aliphatic imine (C=N–C) groups is 1. The fourth-order valence-electron chi connectivity index (χ4n) is 3.01. The number of ketones is 1. The Kier molecular flexibility index (Phi) is 3.50. The molecule has 1 saturated heterocycles. The van der Waals surface area contributed by atoms with Crippen LogP contribution in [0.3, 0.4) is 0 Å². The van der Waals surface area contributed by atoms with Crippen molar-refractivity contribution in [2.24, 2.45) is 10.1 Å². The number of urea groups is 1. The molecule has 1 atom stereocenters. The van der Waals surface area contributed by atoms with E-state index in [1.54, 1.807) is 18.5 Å². The number of rotatable bonds is 3. The van der Waals surface area contributed by atoms with E-state index in [1.165, 1.54) is 21.7 Å². The van der Waals surface area contributed by atoms with Crippen molar-refractivity contribution >= 4 is 35.2 Å². The second-order valence-electron chi connectivity index (χ2n) is 5.82. The molecule has 0 bridgehead atoms. The third kappa shape index (κ3) is 2.23. The largest absolute Gasteiger partial charge is 0.417 e. The smallest absolute Gasteiger partial charge is 0.296 e. The lowest BCUT2D eigenvalue weighted by atomic mass is 10.1. The van der Waals surface area contributed by atoms with E-state index < -0.39 is 6.04 Å². The van der Waals surface area contributed by atoms with Crippen molar-refractivity contribution in [2.75, 3.05) is 26.7 Å². The molecule has 3 aliphatic heterocycles. The first-order chi connectivity index (χ1) is 10.8. The first-order valence-corrected chi connectivity index (χ1v) is 7.47. The van der Waals surface area contributed by atoms with E-state index in [2.05, 4.69) is 10.1 Å². The quantitative estimate of drug-likeness (QED) is 0.645. The highest BCUT2D eigenvalue weighted by molar-refractivity contribution is 6.23. The molecule has 122 valence electrons. The number of hydrogen-bond acceptors (Lipinski definition) is 6. The Morgan fingerprint density at radius 3 is 2.70 bits per heavy atom. The molecule has 1 unspecified atom stereocenters. The molecule has 0 N–H and O–H groups in total. The monoisotopic (exact) mass is 319 g/mol. The number of amides is 3. The summed E-state index contributed by atoms with van der Waals surface area (Å²) in [5, 5.41) is 5.84. The Bertz CT molecular complexity index is 707. The fourth-order valence-corrected chi connectivity index (χ4v) is 3.01. The highest BCUT2D eigenvalue weighted by atomic mass is 16.2. The second kappa shape index (κ2) is 5.25. The number of imide groups is 1. The number of guanidine groups is 1. The first kappa shape index (κ1) is 15.3. The minimum atomic E-state index is -0.646. The maximum absolute atomic E-state index is 12.7. The molecule has 0 spiro atoms. The van der Waals surface area contributed by atoms with Crippen LogP contribution in [0.25, 0.3) is 0 Å². The van der Waals surface area contributed by atoms with E-state index in [-0.39, 0.29) is 24.3 Å². The minimum Gasteiger partial charge on any atom is -0.296 e. The lowest BCUT2D eigenvalue weighted by Crippen LogP contribution is -2.63. The van der Waals surface area contributed by atoms with E-state index in [9.17, 15) is 14.4 Å². The van der Waals surface area contributed by atoms with Gasteiger partial charge in [0, 0.05) is 13.6 Å². The number of fused-ring (bicyclic) bond motifs is 2. The average molecular weight is 319 g/mol. The standard InChI is InChI=1S/C14H19N6O3/c1-5-18-12(22)10-11(17(4)14(18)23)15-13-19(10)6-8(2)16-20(13)7-9(3)21/h10H,5-7H2,1-4H3/q+1. The number of hydrogen-bond donors (Lipinski definition) is 0. The molecule has 1 fully saturated rings. The van der Waals surface area contributed by atoms with Gasteiger partial charge in [-0.15, -0.1) is 10.1 Å². The summed E-state index contributed by atoms with van der Waals surface area (Å²) in [6.45, 7) is 5.89. The molecule has 0 aromatic rings. The summed E-state index contributed by atoms with van der Waals surface area (Å²) >= 11 is 0. The number of Topliss-reactive ketones (excluding diaryl/α,β-unsaturated/α-hetero) is 1. The Labute approximate surface area is 133 Å². The van der Waals surface area contributed by atoms with Crippen molar-refractivity contribution in [3.8, 4) is 0 Å². The zero-order valence-electron chi connectivity index (χ0n) is 13.6. The zero-order valence-corrected chi connectivity index (χ0v) is 13.6. The maximum Gasteiger partial charge on any atom is 0.417 e. The van der Waals surface area contributed by atoms with Gasteiger partial charge in [-0.3, -0.25) is 19.4 Å². The molecule has 0 aromatic carbocycles. The van der Waals surface area contributed by atoms with Gasteiger partial charge >= 0.3 is 12.0 Å². The molecular weight excluding hydrogens is 300 g/mol. The number of amidine groups is 1. The van der Waals surface area contributed by atoms with Crippen molar-refractivity contribution in [3.05, 3.63) is 0 Å². The summed E-state index contributed by atoms with van der Waals surface area (Å²) in [4.78, 5) is 43.5. The van der Waals surface area contributed by atoms with Gasteiger partial charge in [0.25, 0.3) is 5.91 Å². The van der Waals surface area contributed by atoms with E-state index in [0.717, 1.165) is 5.71 Å². The lowest BCUT2D eigenvalue weighted by Gasteiger charge is -2.33. The Hall–Kier alpha value is -2.58. The second-order valence-corrected chi connectivity index (χ2v) is 5.82. The van der Waals surface area contributed by atoms with Crippen molar-refractivity contribution < 1.29 is 19.0 Å². The molecule has 9 heteroatoms. The number of hydrazone groups is 1. The Morgan fingerprint density at radius 2 is 2.09 bits per heavy atom. The Balaban J connectivity index is 2.04. The van der Waals surface area contributed by atoms with Gasteiger partial charge in [-0.1, -0.05) is 4.99 Å². The summed E-state index contributed by atoms with van der Waals surface area (Å²) in [5.41, 5.74) is 0.779. The van der Waals surface area contributed by atoms with Crippen molar-refractivity contribution in [1.82, 2.24) is 14.8 Å². The van der Waals surface area contributed by atoms with Crippen molar-refractivity contribution in [3.63, 3.8) is 0 Å². The lowest BCUT2D eigenvalue weighted by molar-refractivity contribution is -0.527. The molecule has 3 heterocycles. The predicted octanol–water partition coefficient (Wildman–Crippen LogP) is -0.670. The number of nitrogens with zero attached hydrogens (tertiary/aromatic N) is 6. The number of carbonyl (C=O) groups excluding carboxylic acids is 3. The summed E-state index contributed by atoms with van der Waals surface area (Å²) in [6.07, 6.45) is 0. The van der Waals surface area contributed by atoms with Gasteiger partial charge in [-0.05, 0) is 20.8 Å². The van der Waals surface area contributed by atoms with Crippen LogP contribution in [-0.2, 0) is 9.59 Å². The zero-order chi connectivity index (χ0) is 16.9. The molecule has 3 aliphatic rings. The van der Waals surface area contributed by atoms with Gasteiger partial charge in [0.1, 0.15) is 6.54 Å². The average Bonchev–Trinajstić information content (AvgIpc) is 2.84. The van der Waals surface area contributed by atoms with Crippen molar-refractivity contribution in [2.45, 2.75) is 26.8 Å². The molecular formula is C14H19N6O3+. The predicted molar refractivity (Wildman–Crippen MR) is 82.4 cm³/mol. The van der Waals surface area contributed by atoms with Crippen LogP contribution in [0.4, 0.5) is 4.79 Å². The van der Waals surface area contributed by atoms with Crippen LogP contribution < -0.4 is 0 Å². The summed E-state index contributed by atoms with van der Waals surface area (Å²) in [7, 11) is 1.60. The number of likely N-dealkylation sites (N-methyl/N-ethyl adjacent to an activating group) is 2. The Morgan fingerprint density at radius 1 is 1.39 bits per heavy atom. The summed E-state index contributed by atoms with van der Waals surface area (Å²) < 4.78 is 1.80. The van der Waals surface area contributed by atoms with E-state index >= 15 is 0 Å². The topological polar surface area (TPSA) is 88.7 Å². The first-order valence-electron chi connectivity index (χ1n) is 7.47. The van der Waals surface area contributed by atoms with Gasteiger partial charge < -0.3 is 0 Å². The number of carbonyl (C=O) groups is 3. The minimum absolute atomic E-state index is 0.0584. The molecule has 0 aliphatic carbocycles. The van der Waals surface area contributed by atoms with Crippen LogP contribution in [0, 0.1) is 0 Å². The van der Waals surface area contributed by atoms with Gasteiger partial charge in [0.2, 0.25) is 11.9 Å². The van der Waals surface area contributed by atoms with Gasteiger partial charge in [0.05, 0.1) is 5.71 Å². The van der Waals surface area contributed by atoms with E-state index in [4.69, 9.17) is 0 Å². The SMILES string of the molecule is CCN1C(=O)C2C(=NC3=[N+]2CC(C)=NN3CC(C)=O)N(C)C1=O. The van der Waals surface area contributed by atoms with Crippen molar-refractivity contribution in [1.29, 1.82) is 0 Å². The van der Waals surface area contributed by atoms with E-state index in [1.807, 2.05) is 6.92 Å². The fraction of sp³-hybridized carbons (Fsp3) is 0.571. The van der Waals surface area contributed by atoms with Crippen LogP contribution in [-0.4, -0.2) is 87.3 Å². The molecule has 0 aromatic heterocycles. The van der Waals surface area contributed by atoms with Gasteiger partial charge in [-0.25, -0.2) is 9.37 Å². The molecule has 3 amide bonds. The van der Waals surface area contributed by atoms with Gasteiger partial charge in [-0.2, -0.15) is 0 Å². The third-order valence-corrected chi connectivity index (χ3v) is 4.00. The van der Waals surface area contributed by atoms with Crippen LogP contribution in [0.2, 0.25) is 0 Å². The normalized spacial score (nSPS) is 23.8. The molecule has 9 nitrogen and oxygen atoms in total.